The number of rotatable bonds is 13. The van der Waals surface area contributed by atoms with Crippen molar-refractivity contribution in [2.24, 2.45) is 52.3 Å². The van der Waals surface area contributed by atoms with Gasteiger partial charge >= 0.3 is 5.97 Å². The fourth-order valence-corrected chi connectivity index (χ4v) is 14.0. The minimum atomic E-state index is -1.67. The SMILES string of the molecule is CC(=O)O[C@H]1[C@@H](O[C@H]2O[C@H](C)[C@@H](O)[C@H](O)[C@@H]2O)[C@H]2[C@@H]3CCC4C[C@@H](O[C@@H]5O[C@H](CO)[C@@H](O)[C@H](O)[C@H]5O[C@@H]5O[C@@H](C)[C@H](O)[C@@H](O)[C@H]5O)CC[C@]4(C)[C@H]3CC[C@]2(C)[C@H]1[C@H](C)CCCC(C)C. The summed E-state index contributed by atoms with van der Waals surface area (Å²) in [5.41, 5.74) is -0.415. The van der Waals surface area contributed by atoms with Crippen LogP contribution in [0, 0.1) is 52.3 Å². The molecule has 3 saturated heterocycles. The quantitative estimate of drug-likeness (QED) is 0.0937. The molecule has 3 heterocycles. The number of carbonyl (C=O) groups excluding carboxylic acids is 1. The largest absolute Gasteiger partial charge is 0.459 e. The Morgan fingerprint density at radius 1 is 0.656 bits per heavy atom. The van der Waals surface area contributed by atoms with E-state index in [0.29, 0.717) is 18.8 Å². The molecule has 0 aromatic rings. The molecule has 26 atom stereocenters. The van der Waals surface area contributed by atoms with E-state index >= 15 is 0 Å². The Hall–Kier alpha value is -1.13. The lowest BCUT2D eigenvalue weighted by Gasteiger charge is -2.61. The summed E-state index contributed by atoms with van der Waals surface area (Å²) in [6.45, 7) is 15.4. The average molecular weight is 917 g/mol. The van der Waals surface area contributed by atoms with E-state index in [9.17, 15) is 50.8 Å². The van der Waals surface area contributed by atoms with Crippen molar-refractivity contribution < 1.29 is 83.9 Å². The van der Waals surface area contributed by atoms with E-state index in [4.69, 9.17) is 33.2 Å². The normalized spacial score (nSPS) is 52.4. The lowest BCUT2D eigenvalue weighted by molar-refractivity contribution is -0.371. The number of aliphatic hydroxyl groups is 9. The van der Waals surface area contributed by atoms with Crippen molar-refractivity contribution in [2.45, 2.75) is 230 Å². The van der Waals surface area contributed by atoms with E-state index in [2.05, 4.69) is 34.6 Å². The Labute approximate surface area is 378 Å². The molecule has 0 aromatic carbocycles. The molecule has 64 heavy (non-hydrogen) atoms. The molecule has 0 spiro atoms. The summed E-state index contributed by atoms with van der Waals surface area (Å²) in [7, 11) is 0. The van der Waals surface area contributed by atoms with Gasteiger partial charge in [0.1, 0.15) is 73.2 Å². The monoisotopic (exact) mass is 917 g/mol. The molecule has 1 unspecified atom stereocenters. The number of esters is 1. The number of hydrogen-bond acceptors (Lipinski definition) is 17. The van der Waals surface area contributed by atoms with E-state index in [0.717, 1.165) is 51.4 Å². The van der Waals surface area contributed by atoms with Gasteiger partial charge in [-0.1, -0.05) is 53.9 Å². The summed E-state index contributed by atoms with van der Waals surface area (Å²) in [5.74, 6) is 0.879. The number of carbonyl (C=O) groups is 1. The van der Waals surface area contributed by atoms with E-state index in [1.54, 1.807) is 6.92 Å². The maximum atomic E-state index is 13.0. The maximum absolute atomic E-state index is 13.0. The van der Waals surface area contributed by atoms with Crippen LogP contribution in [0.1, 0.15) is 120 Å². The van der Waals surface area contributed by atoms with Crippen molar-refractivity contribution in [3.63, 3.8) is 0 Å². The molecule has 0 amide bonds. The van der Waals surface area contributed by atoms with Gasteiger partial charge in [0, 0.05) is 12.8 Å². The molecule has 7 rings (SSSR count). The fourth-order valence-electron chi connectivity index (χ4n) is 14.0. The predicted molar refractivity (Wildman–Crippen MR) is 226 cm³/mol. The van der Waals surface area contributed by atoms with Crippen LogP contribution >= 0.6 is 0 Å². The molecular formula is C47H80O17. The predicted octanol–water partition coefficient (Wildman–Crippen LogP) is 1.51. The second-order valence-corrected chi connectivity index (χ2v) is 21.8. The minimum Gasteiger partial charge on any atom is -0.459 e. The van der Waals surface area contributed by atoms with Crippen LogP contribution in [0.2, 0.25) is 0 Å². The van der Waals surface area contributed by atoms with E-state index in [-0.39, 0.29) is 52.4 Å². The number of aliphatic hydroxyl groups excluding tert-OH is 9. The van der Waals surface area contributed by atoms with Gasteiger partial charge in [-0.05, 0) is 105 Å². The zero-order chi connectivity index (χ0) is 46.7. The van der Waals surface area contributed by atoms with Crippen molar-refractivity contribution >= 4 is 5.97 Å². The zero-order valence-electron chi connectivity index (χ0n) is 39.0. The molecule has 3 aliphatic heterocycles. The van der Waals surface area contributed by atoms with Gasteiger partial charge in [0.25, 0.3) is 0 Å². The van der Waals surface area contributed by atoms with Gasteiger partial charge in [0.05, 0.1) is 24.9 Å². The van der Waals surface area contributed by atoms with Crippen molar-refractivity contribution in [3.05, 3.63) is 0 Å². The van der Waals surface area contributed by atoms with Crippen LogP contribution in [0.15, 0.2) is 0 Å². The van der Waals surface area contributed by atoms with Crippen molar-refractivity contribution in [1.82, 2.24) is 0 Å². The highest BCUT2D eigenvalue weighted by Gasteiger charge is 2.69. The highest BCUT2D eigenvalue weighted by atomic mass is 16.8. The first kappa shape index (κ1) is 50.7. The van der Waals surface area contributed by atoms with Crippen molar-refractivity contribution in [2.75, 3.05) is 6.61 Å². The molecule has 0 bridgehead atoms. The smallest absolute Gasteiger partial charge is 0.303 e. The Kier molecular flexibility index (Phi) is 15.9. The van der Waals surface area contributed by atoms with Crippen LogP contribution in [0.5, 0.6) is 0 Å². The first-order chi connectivity index (χ1) is 30.1. The van der Waals surface area contributed by atoms with E-state index < -0.39 is 117 Å². The first-order valence-electron chi connectivity index (χ1n) is 24.3. The van der Waals surface area contributed by atoms with E-state index in [1.807, 2.05) is 0 Å². The summed E-state index contributed by atoms with van der Waals surface area (Å²) in [5, 5.41) is 96.3. The fraction of sp³-hybridized carbons (Fsp3) is 0.979. The third kappa shape index (κ3) is 9.46. The van der Waals surface area contributed by atoms with E-state index in [1.165, 1.54) is 13.8 Å². The van der Waals surface area contributed by atoms with Crippen LogP contribution in [0.3, 0.4) is 0 Å². The highest BCUT2D eigenvalue weighted by molar-refractivity contribution is 5.66. The minimum absolute atomic E-state index is 0.0400. The Bertz CT molecular complexity index is 1560. The summed E-state index contributed by atoms with van der Waals surface area (Å²) in [6, 6.07) is 0. The molecule has 17 heteroatoms. The number of ether oxygens (including phenoxy) is 7. The van der Waals surface area contributed by atoms with Gasteiger partial charge in [-0.2, -0.15) is 0 Å². The number of fused-ring (bicyclic) bond motifs is 5. The molecule has 17 nitrogen and oxygen atoms in total. The highest BCUT2D eigenvalue weighted by Crippen LogP contribution is 2.69. The van der Waals surface area contributed by atoms with Gasteiger partial charge in [-0.3, -0.25) is 4.79 Å². The molecule has 7 fully saturated rings. The molecule has 9 N–H and O–H groups in total. The van der Waals surface area contributed by atoms with Crippen molar-refractivity contribution in [1.29, 1.82) is 0 Å². The Balaban J connectivity index is 1.13. The van der Waals surface area contributed by atoms with Crippen LogP contribution in [0.4, 0.5) is 0 Å². The van der Waals surface area contributed by atoms with Crippen molar-refractivity contribution in [3.8, 4) is 0 Å². The topological polar surface area (TPSA) is 264 Å². The molecule has 4 saturated carbocycles. The number of hydrogen-bond donors (Lipinski definition) is 9. The zero-order valence-corrected chi connectivity index (χ0v) is 39.0. The molecular weight excluding hydrogens is 836 g/mol. The van der Waals surface area contributed by atoms with Gasteiger partial charge < -0.3 is 79.1 Å². The van der Waals surface area contributed by atoms with Gasteiger partial charge in [-0.15, -0.1) is 0 Å². The summed E-state index contributed by atoms with van der Waals surface area (Å²) < 4.78 is 43.6. The standard InChI is InChI=1S/C47H80O17/c1-20(2)10-9-11-21(3)30-40(60-24(6)49)41(63-43-38(56)35(53)32(50)22(4)58-43)31-27-13-12-25-18-26(14-16-46(25,7)28(27)15-17-47(30,31)8)61-45-42(37(55)34(52)29(19-48)62-45)64-44-39(57)36(54)33(51)23(5)59-44/h20-23,25-45,48,50-57H,9-19H2,1-8H3/t21-,22-,23+,25?,26+,27-,28+,29-,30+,31-,32-,33+,34-,35+,36-,37+,38+,39-,40-,41+,42-,43-,44+,45-,46+,47-/m1/s1. The van der Waals surface area contributed by atoms with Crippen LogP contribution in [-0.4, -0.2) is 169 Å². The molecule has 4 aliphatic carbocycles. The molecule has 0 aromatic heterocycles. The van der Waals surface area contributed by atoms with Gasteiger partial charge in [0.15, 0.2) is 18.9 Å². The summed E-state index contributed by atoms with van der Waals surface area (Å²) >= 11 is 0. The molecule has 7 aliphatic rings. The third-order valence-corrected chi connectivity index (χ3v) is 17.4. The second-order valence-electron chi connectivity index (χ2n) is 21.8. The Morgan fingerprint density at radius 2 is 1.25 bits per heavy atom. The lowest BCUT2D eigenvalue weighted by atomic mass is 9.44. The van der Waals surface area contributed by atoms with Crippen LogP contribution in [-0.2, 0) is 38.0 Å². The summed E-state index contributed by atoms with van der Waals surface area (Å²) in [4.78, 5) is 13.0. The maximum Gasteiger partial charge on any atom is 0.303 e. The molecule has 370 valence electrons. The first-order valence-corrected chi connectivity index (χ1v) is 24.3. The molecule has 0 radical (unpaired) electrons. The van der Waals surface area contributed by atoms with Crippen LogP contribution < -0.4 is 0 Å². The summed E-state index contributed by atoms with van der Waals surface area (Å²) in [6.07, 6.45) is -13.3. The lowest BCUT2D eigenvalue weighted by Crippen LogP contribution is -2.64. The Morgan fingerprint density at radius 3 is 1.83 bits per heavy atom. The third-order valence-electron chi connectivity index (χ3n) is 17.4. The average Bonchev–Trinajstić information content (AvgIpc) is 3.48. The van der Waals surface area contributed by atoms with Gasteiger partial charge in [-0.25, -0.2) is 0 Å². The van der Waals surface area contributed by atoms with Crippen LogP contribution in [0.25, 0.3) is 0 Å². The second kappa shape index (κ2) is 20.1. The van der Waals surface area contributed by atoms with Gasteiger partial charge in [0.2, 0.25) is 0 Å².